The Morgan fingerprint density at radius 2 is 2.06 bits per heavy atom. The van der Waals surface area contributed by atoms with Gasteiger partial charge in [-0.3, -0.25) is 4.79 Å². The van der Waals surface area contributed by atoms with Gasteiger partial charge >= 0.3 is 5.97 Å². The average Bonchev–Trinajstić information content (AvgIpc) is 2.29. The molecule has 0 heterocycles. The number of hydrogen-bond donors (Lipinski definition) is 2. The number of aliphatic hydroxyl groups excluding tert-OH is 1. The molecule has 1 unspecified atom stereocenters. The molecular formula is C12H13NO3S. The Hall–Kier alpha value is -1.51. The van der Waals surface area contributed by atoms with E-state index in [0.717, 1.165) is 4.90 Å². The van der Waals surface area contributed by atoms with E-state index in [-0.39, 0.29) is 6.42 Å². The van der Waals surface area contributed by atoms with Gasteiger partial charge in [-0.05, 0) is 30.7 Å². The van der Waals surface area contributed by atoms with Crippen LogP contribution in [0.1, 0.15) is 18.4 Å². The van der Waals surface area contributed by atoms with Crippen molar-refractivity contribution in [3.63, 3.8) is 0 Å². The third kappa shape index (κ3) is 5.38. The summed E-state index contributed by atoms with van der Waals surface area (Å²) in [4.78, 5) is 11.3. The van der Waals surface area contributed by atoms with Gasteiger partial charge in [0, 0.05) is 10.6 Å². The number of rotatable bonds is 6. The molecule has 0 saturated carbocycles. The van der Waals surface area contributed by atoms with Gasteiger partial charge in [0.1, 0.15) is 0 Å². The smallest absolute Gasteiger partial charge is 0.305 e. The predicted octanol–water partition coefficient (Wildman–Crippen LogP) is 1.88. The molecule has 2 N–H and O–H groups in total. The van der Waals surface area contributed by atoms with Crippen molar-refractivity contribution in [1.29, 1.82) is 5.26 Å². The Morgan fingerprint density at radius 1 is 1.41 bits per heavy atom. The van der Waals surface area contributed by atoms with E-state index in [1.165, 1.54) is 11.8 Å². The molecule has 0 saturated heterocycles. The van der Waals surface area contributed by atoms with E-state index in [1.807, 2.05) is 18.2 Å². The first-order valence-corrected chi connectivity index (χ1v) is 6.13. The standard InChI is InChI=1S/C12H13NO3S/c13-8-9-1-3-11(4-2-9)17-6-5-10(14)7-12(15)16/h1-4,10,14H,5-7H2,(H,15,16). The second-order valence-electron chi connectivity index (χ2n) is 3.53. The minimum atomic E-state index is -0.985. The lowest BCUT2D eigenvalue weighted by Gasteiger charge is -2.07. The van der Waals surface area contributed by atoms with Crippen molar-refractivity contribution >= 4 is 17.7 Å². The molecule has 0 fully saturated rings. The highest BCUT2D eigenvalue weighted by Crippen LogP contribution is 2.20. The maximum atomic E-state index is 10.3. The average molecular weight is 251 g/mol. The van der Waals surface area contributed by atoms with Gasteiger partial charge < -0.3 is 10.2 Å². The summed E-state index contributed by atoms with van der Waals surface area (Å²) in [5, 5.41) is 26.4. The van der Waals surface area contributed by atoms with Crippen molar-refractivity contribution in [1.82, 2.24) is 0 Å². The van der Waals surface area contributed by atoms with Crippen LogP contribution in [0.2, 0.25) is 0 Å². The summed E-state index contributed by atoms with van der Waals surface area (Å²) >= 11 is 1.53. The molecule has 0 aliphatic heterocycles. The maximum absolute atomic E-state index is 10.3. The Balaban J connectivity index is 2.31. The van der Waals surface area contributed by atoms with E-state index in [0.29, 0.717) is 17.7 Å². The van der Waals surface area contributed by atoms with Gasteiger partial charge in [-0.15, -0.1) is 11.8 Å². The largest absolute Gasteiger partial charge is 0.481 e. The number of nitriles is 1. The lowest BCUT2D eigenvalue weighted by atomic mass is 10.2. The van der Waals surface area contributed by atoms with Gasteiger partial charge in [-0.25, -0.2) is 0 Å². The highest BCUT2D eigenvalue weighted by molar-refractivity contribution is 7.99. The molecule has 5 heteroatoms. The number of carboxylic acids is 1. The van der Waals surface area contributed by atoms with Crippen LogP contribution in [0.15, 0.2) is 29.2 Å². The van der Waals surface area contributed by atoms with Crippen molar-refractivity contribution in [2.24, 2.45) is 0 Å². The van der Waals surface area contributed by atoms with E-state index < -0.39 is 12.1 Å². The first kappa shape index (κ1) is 13.6. The van der Waals surface area contributed by atoms with E-state index >= 15 is 0 Å². The van der Waals surface area contributed by atoms with Crippen LogP contribution in [-0.2, 0) is 4.79 Å². The highest BCUT2D eigenvalue weighted by Gasteiger charge is 2.08. The zero-order chi connectivity index (χ0) is 12.7. The Morgan fingerprint density at radius 3 is 2.59 bits per heavy atom. The molecule has 1 atom stereocenters. The quantitative estimate of drug-likeness (QED) is 0.754. The number of thioether (sulfide) groups is 1. The van der Waals surface area contributed by atoms with Crippen molar-refractivity contribution in [3.05, 3.63) is 29.8 Å². The second kappa shape index (κ2) is 6.94. The summed E-state index contributed by atoms with van der Waals surface area (Å²) in [6.45, 7) is 0. The molecule has 0 radical (unpaired) electrons. The Bertz CT molecular complexity index is 411. The Kier molecular flexibility index (Phi) is 5.53. The van der Waals surface area contributed by atoms with Crippen LogP contribution < -0.4 is 0 Å². The number of benzene rings is 1. The monoisotopic (exact) mass is 251 g/mol. The van der Waals surface area contributed by atoms with Crippen LogP contribution in [0.5, 0.6) is 0 Å². The van der Waals surface area contributed by atoms with Gasteiger partial charge in [0.15, 0.2) is 0 Å². The molecule has 90 valence electrons. The lowest BCUT2D eigenvalue weighted by Crippen LogP contribution is -2.13. The first-order valence-electron chi connectivity index (χ1n) is 5.14. The SMILES string of the molecule is N#Cc1ccc(SCCC(O)CC(=O)O)cc1. The summed E-state index contributed by atoms with van der Waals surface area (Å²) in [7, 11) is 0. The van der Waals surface area contributed by atoms with Gasteiger partial charge in [-0.2, -0.15) is 5.26 Å². The molecule has 17 heavy (non-hydrogen) atoms. The third-order valence-electron chi connectivity index (χ3n) is 2.11. The summed E-state index contributed by atoms with van der Waals surface area (Å²) < 4.78 is 0. The Labute approximate surface area is 104 Å². The van der Waals surface area contributed by atoms with E-state index in [1.54, 1.807) is 12.1 Å². The van der Waals surface area contributed by atoms with Crippen LogP contribution in [0, 0.1) is 11.3 Å². The summed E-state index contributed by atoms with van der Waals surface area (Å²) in [5.41, 5.74) is 0.611. The highest BCUT2D eigenvalue weighted by atomic mass is 32.2. The fourth-order valence-electron chi connectivity index (χ4n) is 1.24. The molecule has 0 spiro atoms. The molecule has 1 aromatic carbocycles. The minimum absolute atomic E-state index is 0.214. The fourth-order valence-corrected chi connectivity index (χ4v) is 2.20. The van der Waals surface area contributed by atoms with Gasteiger partial charge in [-0.1, -0.05) is 0 Å². The second-order valence-corrected chi connectivity index (χ2v) is 4.69. The fraction of sp³-hybridized carbons (Fsp3) is 0.333. The number of carbonyl (C=O) groups is 1. The van der Waals surface area contributed by atoms with Crippen LogP contribution in [0.4, 0.5) is 0 Å². The summed E-state index contributed by atoms with van der Waals surface area (Å²) in [6, 6.07) is 9.18. The molecule has 0 aliphatic carbocycles. The number of aliphatic carboxylic acids is 1. The third-order valence-corrected chi connectivity index (χ3v) is 3.16. The van der Waals surface area contributed by atoms with E-state index in [2.05, 4.69) is 0 Å². The molecule has 1 rings (SSSR count). The van der Waals surface area contributed by atoms with Crippen molar-refractivity contribution in [2.75, 3.05) is 5.75 Å². The number of carboxylic acid groups (broad SMARTS) is 1. The van der Waals surface area contributed by atoms with E-state index in [9.17, 15) is 9.90 Å². The maximum Gasteiger partial charge on any atom is 0.305 e. The normalized spacial score (nSPS) is 11.8. The van der Waals surface area contributed by atoms with E-state index in [4.69, 9.17) is 10.4 Å². The lowest BCUT2D eigenvalue weighted by molar-refractivity contribution is -0.139. The van der Waals surface area contributed by atoms with Crippen LogP contribution >= 0.6 is 11.8 Å². The first-order chi connectivity index (χ1) is 8.11. The molecule has 0 bridgehead atoms. The van der Waals surface area contributed by atoms with Crippen LogP contribution in [0.25, 0.3) is 0 Å². The van der Waals surface area contributed by atoms with Gasteiger partial charge in [0.2, 0.25) is 0 Å². The number of aliphatic hydroxyl groups is 1. The van der Waals surface area contributed by atoms with Crippen molar-refractivity contribution < 1.29 is 15.0 Å². The zero-order valence-electron chi connectivity index (χ0n) is 9.17. The molecule has 1 aromatic rings. The summed E-state index contributed by atoms with van der Waals surface area (Å²) in [6.07, 6.45) is -0.566. The predicted molar refractivity (Wildman–Crippen MR) is 64.8 cm³/mol. The van der Waals surface area contributed by atoms with Crippen molar-refractivity contribution in [3.8, 4) is 6.07 Å². The molecule has 4 nitrogen and oxygen atoms in total. The minimum Gasteiger partial charge on any atom is -0.481 e. The number of hydrogen-bond acceptors (Lipinski definition) is 4. The summed E-state index contributed by atoms with van der Waals surface area (Å²) in [5.74, 6) is -0.332. The molecule has 0 amide bonds. The van der Waals surface area contributed by atoms with Gasteiger partial charge in [0.25, 0.3) is 0 Å². The molecular weight excluding hydrogens is 238 g/mol. The van der Waals surface area contributed by atoms with Crippen LogP contribution in [-0.4, -0.2) is 28.0 Å². The van der Waals surface area contributed by atoms with Gasteiger partial charge in [0.05, 0.1) is 24.2 Å². The van der Waals surface area contributed by atoms with Crippen molar-refractivity contribution in [2.45, 2.75) is 23.8 Å². The molecule has 0 aliphatic rings. The number of nitrogens with zero attached hydrogens (tertiary/aromatic N) is 1. The molecule has 0 aromatic heterocycles. The zero-order valence-corrected chi connectivity index (χ0v) is 9.98. The van der Waals surface area contributed by atoms with Crippen LogP contribution in [0.3, 0.4) is 0 Å². The topological polar surface area (TPSA) is 81.3 Å².